The second-order valence-electron chi connectivity index (χ2n) is 7.08. The molecule has 0 unspecified atom stereocenters. The molecule has 24 heavy (non-hydrogen) atoms. The topological polar surface area (TPSA) is 29.3 Å². The van der Waals surface area contributed by atoms with Crippen LogP contribution in [-0.2, 0) is 5.41 Å². The van der Waals surface area contributed by atoms with E-state index >= 15 is 0 Å². The van der Waals surface area contributed by atoms with Crippen LogP contribution in [0.25, 0.3) is 11.1 Å². The molecule has 2 nitrogen and oxygen atoms in total. The molecular weight excluding hydrogens is 292 g/mol. The molecule has 3 aromatic rings. The van der Waals surface area contributed by atoms with Gasteiger partial charge in [-0.15, -0.1) is 0 Å². The molecule has 0 saturated heterocycles. The maximum absolute atomic E-state index is 6.30. The van der Waals surface area contributed by atoms with E-state index in [0.29, 0.717) is 0 Å². The highest BCUT2D eigenvalue weighted by molar-refractivity contribution is 5.69. The molecule has 3 rings (SSSR count). The first kappa shape index (κ1) is 16.3. The normalized spacial score (nSPS) is 11.3. The first-order chi connectivity index (χ1) is 11.4. The molecule has 0 bridgehead atoms. The van der Waals surface area contributed by atoms with Crippen LogP contribution in [0.5, 0.6) is 0 Å². The first-order valence-electron chi connectivity index (χ1n) is 8.26. The van der Waals surface area contributed by atoms with Crippen LogP contribution in [0.1, 0.15) is 26.3 Å². The summed E-state index contributed by atoms with van der Waals surface area (Å²) in [5.41, 5.74) is 5.81. The lowest BCUT2D eigenvalue weighted by Gasteiger charge is -2.22. The van der Waals surface area contributed by atoms with E-state index in [1.54, 1.807) is 5.01 Å². The van der Waals surface area contributed by atoms with Crippen molar-refractivity contribution in [3.8, 4) is 11.1 Å². The third-order valence-corrected chi connectivity index (χ3v) is 4.26. The van der Waals surface area contributed by atoms with Gasteiger partial charge < -0.3 is 0 Å². The minimum atomic E-state index is 0.148. The molecule has 0 heterocycles. The molecule has 0 fully saturated rings. The number of rotatable bonds is 3. The van der Waals surface area contributed by atoms with Gasteiger partial charge in [0.1, 0.15) is 0 Å². The van der Waals surface area contributed by atoms with Crippen molar-refractivity contribution in [3.63, 3.8) is 0 Å². The van der Waals surface area contributed by atoms with E-state index in [2.05, 4.69) is 93.6 Å². The summed E-state index contributed by atoms with van der Waals surface area (Å²) in [6, 6.07) is 27.1. The van der Waals surface area contributed by atoms with Gasteiger partial charge in [-0.1, -0.05) is 75.4 Å². The van der Waals surface area contributed by atoms with Crippen molar-refractivity contribution in [1.29, 1.82) is 0 Å². The lowest BCUT2D eigenvalue weighted by molar-refractivity contribution is 0.590. The number of benzene rings is 3. The van der Waals surface area contributed by atoms with Crippen molar-refractivity contribution >= 4 is 11.4 Å². The predicted molar refractivity (Wildman–Crippen MR) is 103 cm³/mol. The molecule has 0 aliphatic rings. The summed E-state index contributed by atoms with van der Waals surface area (Å²) in [5, 5.41) is 1.72. The van der Waals surface area contributed by atoms with Gasteiger partial charge in [0.15, 0.2) is 0 Å². The molecule has 3 aromatic carbocycles. The van der Waals surface area contributed by atoms with E-state index in [0.717, 1.165) is 11.4 Å². The van der Waals surface area contributed by atoms with Crippen LogP contribution in [-0.4, -0.2) is 0 Å². The van der Waals surface area contributed by atoms with Crippen LogP contribution >= 0.6 is 0 Å². The second kappa shape index (κ2) is 6.50. The molecular formula is C22H24N2. The number of hydrazine groups is 1. The monoisotopic (exact) mass is 316 g/mol. The summed E-state index contributed by atoms with van der Waals surface area (Å²) >= 11 is 0. The quantitative estimate of drug-likeness (QED) is 0.499. The Labute approximate surface area is 144 Å². The number of hydrogen-bond donors (Lipinski definition) is 1. The third-order valence-electron chi connectivity index (χ3n) is 4.26. The van der Waals surface area contributed by atoms with E-state index in [9.17, 15) is 0 Å². The molecule has 0 atom stereocenters. The fourth-order valence-electron chi connectivity index (χ4n) is 2.72. The van der Waals surface area contributed by atoms with Gasteiger partial charge in [-0.25, -0.2) is 5.84 Å². The van der Waals surface area contributed by atoms with Gasteiger partial charge in [-0.2, -0.15) is 0 Å². The van der Waals surface area contributed by atoms with Crippen LogP contribution in [0, 0.1) is 0 Å². The van der Waals surface area contributed by atoms with Gasteiger partial charge in [-0.05, 0) is 46.4 Å². The maximum Gasteiger partial charge on any atom is 0.0575 e. The van der Waals surface area contributed by atoms with Crippen LogP contribution in [0.4, 0.5) is 11.4 Å². The zero-order chi connectivity index (χ0) is 17.2. The fourth-order valence-corrected chi connectivity index (χ4v) is 2.72. The van der Waals surface area contributed by atoms with Crippen LogP contribution < -0.4 is 10.9 Å². The lowest BCUT2D eigenvalue weighted by atomic mass is 9.87. The van der Waals surface area contributed by atoms with Crippen molar-refractivity contribution in [3.05, 3.63) is 84.4 Å². The molecule has 0 saturated carbocycles. The Balaban J connectivity index is 1.81. The summed E-state index contributed by atoms with van der Waals surface area (Å²) in [7, 11) is 0. The standard InChI is InChI=1S/C22H24N2/c1-22(2,3)19-11-15-21(16-12-19)24(23)20-13-9-18(10-14-20)17-7-5-4-6-8-17/h4-16H,23H2,1-3H3. The Kier molecular flexibility index (Phi) is 4.41. The van der Waals surface area contributed by atoms with E-state index in [-0.39, 0.29) is 5.41 Å². The van der Waals surface area contributed by atoms with Crippen LogP contribution in [0.2, 0.25) is 0 Å². The number of hydrogen-bond acceptors (Lipinski definition) is 2. The highest BCUT2D eigenvalue weighted by atomic mass is 15.4. The summed E-state index contributed by atoms with van der Waals surface area (Å²) in [6.07, 6.45) is 0. The van der Waals surface area contributed by atoms with Crippen molar-refractivity contribution < 1.29 is 0 Å². The third kappa shape index (κ3) is 3.50. The number of nitrogens with zero attached hydrogens (tertiary/aromatic N) is 1. The van der Waals surface area contributed by atoms with Crippen molar-refractivity contribution in [1.82, 2.24) is 0 Å². The average molecular weight is 316 g/mol. The minimum absolute atomic E-state index is 0.148. The van der Waals surface area contributed by atoms with Gasteiger partial charge in [0.05, 0.1) is 11.4 Å². The molecule has 2 heteroatoms. The first-order valence-corrected chi connectivity index (χ1v) is 8.26. The highest BCUT2D eigenvalue weighted by Crippen LogP contribution is 2.28. The molecule has 0 aliphatic carbocycles. The van der Waals surface area contributed by atoms with Crippen molar-refractivity contribution in [2.75, 3.05) is 5.01 Å². The zero-order valence-corrected chi connectivity index (χ0v) is 14.5. The van der Waals surface area contributed by atoms with E-state index in [1.807, 2.05) is 6.07 Å². The van der Waals surface area contributed by atoms with Crippen molar-refractivity contribution in [2.45, 2.75) is 26.2 Å². The Morgan fingerprint density at radius 1 is 0.625 bits per heavy atom. The highest BCUT2D eigenvalue weighted by Gasteiger charge is 2.14. The molecule has 0 amide bonds. The SMILES string of the molecule is CC(C)(C)c1ccc(N(N)c2ccc(-c3ccccc3)cc2)cc1. The largest absolute Gasteiger partial charge is 0.280 e. The van der Waals surface area contributed by atoms with E-state index < -0.39 is 0 Å². The zero-order valence-electron chi connectivity index (χ0n) is 14.5. The number of anilines is 2. The van der Waals surface area contributed by atoms with Gasteiger partial charge in [0, 0.05) is 0 Å². The second-order valence-corrected chi connectivity index (χ2v) is 7.08. The summed E-state index contributed by atoms with van der Waals surface area (Å²) in [5.74, 6) is 6.30. The number of nitrogens with two attached hydrogens (primary N) is 1. The van der Waals surface area contributed by atoms with E-state index in [1.165, 1.54) is 16.7 Å². The Hall–Kier alpha value is -2.58. The average Bonchev–Trinajstić information content (AvgIpc) is 2.61. The molecule has 0 aliphatic heterocycles. The Bertz CT molecular complexity index is 782. The van der Waals surface area contributed by atoms with Crippen molar-refractivity contribution in [2.24, 2.45) is 5.84 Å². The van der Waals surface area contributed by atoms with Crippen LogP contribution in [0.15, 0.2) is 78.9 Å². The maximum atomic E-state index is 6.30. The Morgan fingerprint density at radius 3 is 1.58 bits per heavy atom. The summed E-state index contributed by atoms with van der Waals surface area (Å²) < 4.78 is 0. The van der Waals surface area contributed by atoms with Gasteiger partial charge in [0.2, 0.25) is 0 Å². The summed E-state index contributed by atoms with van der Waals surface area (Å²) in [4.78, 5) is 0. The molecule has 122 valence electrons. The molecule has 2 N–H and O–H groups in total. The van der Waals surface area contributed by atoms with Gasteiger partial charge in [-0.3, -0.25) is 5.01 Å². The molecule has 0 spiro atoms. The van der Waals surface area contributed by atoms with Crippen LogP contribution in [0.3, 0.4) is 0 Å². The van der Waals surface area contributed by atoms with Gasteiger partial charge >= 0.3 is 0 Å². The lowest BCUT2D eigenvalue weighted by Crippen LogP contribution is -2.25. The molecule has 0 radical (unpaired) electrons. The molecule has 0 aromatic heterocycles. The van der Waals surface area contributed by atoms with Gasteiger partial charge in [0.25, 0.3) is 0 Å². The summed E-state index contributed by atoms with van der Waals surface area (Å²) in [6.45, 7) is 6.64. The smallest absolute Gasteiger partial charge is 0.0575 e. The predicted octanol–water partition coefficient (Wildman–Crippen LogP) is 5.66. The fraction of sp³-hybridized carbons (Fsp3) is 0.182. The van der Waals surface area contributed by atoms with E-state index in [4.69, 9.17) is 5.84 Å². The Morgan fingerprint density at radius 2 is 1.08 bits per heavy atom. The minimum Gasteiger partial charge on any atom is -0.280 e.